The maximum absolute atomic E-state index is 13.2. The SMILES string of the molecule is CCOC(=O)[C@@H]1CCCN(C(=O)Cc2ccc(N(Cc3ccc(OC)cc3)C(=O)c3ccco3)cc2)C1. The lowest BCUT2D eigenvalue weighted by Crippen LogP contribution is -2.43. The highest BCUT2D eigenvalue weighted by Gasteiger charge is 2.29. The fourth-order valence-corrected chi connectivity index (χ4v) is 4.46. The minimum Gasteiger partial charge on any atom is -0.497 e. The van der Waals surface area contributed by atoms with E-state index in [0.29, 0.717) is 31.9 Å². The molecule has 2 heterocycles. The monoisotopic (exact) mass is 504 g/mol. The van der Waals surface area contributed by atoms with Crippen LogP contribution >= 0.6 is 0 Å². The highest BCUT2D eigenvalue weighted by molar-refractivity contribution is 6.04. The summed E-state index contributed by atoms with van der Waals surface area (Å²) in [5.74, 6) is 0.200. The number of nitrogens with zero attached hydrogens (tertiary/aromatic N) is 2. The molecule has 0 unspecified atom stereocenters. The van der Waals surface area contributed by atoms with E-state index in [9.17, 15) is 14.4 Å². The van der Waals surface area contributed by atoms with Gasteiger partial charge in [-0.2, -0.15) is 0 Å². The predicted molar refractivity (Wildman–Crippen MR) is 138 cm³/mol. The molecule has 3 aromatic rings. The highest BCUT2D eigenvalue weighted by Crippen LogP contribution is 2.24. The third-order valence-corrected chi connectivity index (χ3v) is 6.47. The molecule has 2 aromatic carbocycles. The minimum absolute atomic E-state index is 0.0245. The van der Waals surface area contributed by atoms with Crippen molar-refractivity contribution in [3.05, 3.63) is 83.8 Å². The quantitative estimate of drug-likeness (QED) is 0.399. The molecule has 0 bridgehead atoms. The molecule has 0 aliphatic carbocycles. The molecule has 0 saturated carbocycles. The van der Waals surface area contributed by atoms with Gasteiger partial charge in [0.1, 0.15) is 5.75 Å². The van der Waals surface area contributed by atoms with E-state index < -0.39 is 0 Å². The van der Waals surface area contributed by atoms with Crippen molar-refractivity contribution in [2.45, 2.75) is 32.7 Å². The Bertz CT molecular complexity index is 1190. The Morgan fingerprint density at radius 2 is 1.76 bits per heavy atom. The number of anilines is 1. The van der Waals surface area contributed by atoms with Crippen LogP contribution in [0.4, 0.5) is 5.69 Å². The molecule has 0 radical (unpaired) electrons. The third-order valence-electron chi connectivity index (χ3n) is 6.47. The smallest absolute Gasteiger partial charge is 0.310 e. The van der Waals surface area contributed by atoms with Gasteiger partial charge in [0, 0.05) is 18.8 Å². The zero-order valence-corrected chi connectivity index (χ0v) is 21.2. The summed E-state index contributed by atoms with van der Waals surface area (Å²) in [6, 6.07) is 18.2. The number of hydrogen-bond acceptors (Lipinski definition) is 6. The Morgan fingerprint density at radius 3 is 2.41 bits per heavy atom. The van der Waals surface area contributed by atoms with Gasteiger partial charge in [0.2, 0.25) is 5.91 Å². The number of methoxy groups -OCH3 is 1. The van der Waals surface area contributed by atoms with Gasteiger partial charge in [0.25, 0.3) is 5.91 Å². The van der Waals surface area contributed by atoms with E-state index in [1.165, 1.54) is 6.26 Å². The van der Waals surface area contributed by atoms with E-state index in [1.54, 1.807) is 36.0 Å². The van der Waals surface area contributed by atoms with Crippen LogP contribution < -0.4 is 9.64 Å². The van der Waals surface area contributed by atoms with Gasteiger partial charge in [-0.15, -0.1) is 0 Å². The third kappa shape index (κ3) is 6.58. The maximum Gasteiger partial charge on any atom is 0.310 e. The lowest BCUT2D eigenvalue weighted by molar-refractivity contribution is -0.151. The summed E-state index contributed by atoms with van der Waals surface area (Å²) >= 11 is 0. The van der Waals surface area contributed by atoms with Gasteiger partial charge in [0.15, 0.2) is 5.76 Å². The molecule has 1 atom stereocenters. The lowest BCUT2D eigenvalue weighted by atomic mass is 9.97. The Kier molecular flexibility index (Phi) is 8.61. The van der Waals surface area contributed by atoms with Crippen molar-refractivity contribution in [2.75, 3.05) is 31.7 Å². The second-order valence-corrected chi connectivity index (χ2v) is 8.99. The molecule has 8 nitrogen and oxygen atoms in total. The summed E-state index contributed by atoms with van der Waals surface area (Å²) < 4.78 is 15.7. The zero-order chi connectivity index (χ0) is 26.2. The number of amides is 2. The van der Waals surface area contributed by atoms with E-state index in [1.807, 2.05) is 48.5 Å². The summed E-state index contributed by atoms with van der Waals surface area (Å²) in [4.78, 5) is 41.7. The number of furan rings is 1. The molecule has 1 aromatic heterocycles. The average Bonchev–Trinajstić information content (AvgIpc) is 3.48. The lowest BCUT2D eigenvalue weighted by Gasteiger charge is -2.31. The van der Waals surface area contributed by atoms with Crippen LogP contribution in [0.1, 0.15) is 41.4 Å². The molecule has 8 heteroatoms. The Labute approximate surface area is 216 Å². The molecule has 0 N–H and O–H groups in total. The van der Waals surface area contributed by atoms with E-state index in [4.69, 9.17) is 13.9 Å². The number of carbonyl (C=O) groups is 3. The van der Waals surface area contributed by atoms with Crippen LogP contribution in [0, 0.1) is 5.92 Å². The molecule has 1 saturated heterocycles. The molecule has 0 spiro atoms. The standard InChI is InChI=1S/C29H32N2O6/c1-3-36-29(34)23-6-4-16-30(20-23)27(32)18-21-8-12-24(13-9-21)31(28(33)26-7-5-17-37-26)19-22-10-14-25(35-2)15-11-22/h5,7-15,17,23H,3-4,6,16,18-20H2,1-2H3/t23-/m1/s1. The van der Waals surface area contributed by atoms with Crippen molar-refractivity contribution >= 4 is 23.5 Å². The Hall–Kier alpha value is -4.07. The number of esters is 1. The van der Waals surface area contributed by atoms with Crippen LogP contribution in [0.5, 0.6) is 5.75 Å². The first-order valence-corrected chi connectivity index (χ1v) is 12.5. The van der Waals surface area contributed by atoms with Crippen LogP contribution in [0.15, 0.2) is 71.3 Å². The van der Waals surface area contributed by atoms with Crippen LogP contribution in [0.3, 0.4) is 0 Å². The molecular formula is C29H32N2O6. The van der Waals surface area contributed by atoms with Crippen LogP contribution in [-0.4, -0.2) is 49.5 Å². The molecule has 2 amide bonds. The van der Waals surface area contributed by atoms with Crippen molar-refractivity contribution in [1.29, 1.82) is 0 Å². The Morgan fingerprint density at radius 1 is 1.03 bits per heavy atom. The van der Waals surface area contributed by atoms with E-state index in [-0.39, 0.29) is 35.9 Å². The van der Waals surface area contributed by atoms with Crippen LogP contribution in [0.25, 0.3) is 0 Å². The van der Waals surface area contributed by atoms with Crippen molar-refractivity contribution in [3.63, 3.8) is 0 Å². The fourth-order valence-electron chi connectivity index (χ4n) is 4.46. The van der Waals surface area contributed by atoms with Gasteiger partial charge in [-0.25, -0.2) is 0 Å². The van der Waals surface area contributed by atoms with Gasteiger partial charge in [-0.3, -0.25) is 14.4 Å². The first kappa shape index (κ1) is 26.0. The topological polar surface area (TPSA) is 89.3 Å². The van der Waals surface area contributed by atoms with E-state index in [2.05, 4.69) is 0 Å². The Balaban J connectivity index is 1.46. The van der Waals surface area contributed by atoms with Gasteiger partial charge in [-0.05, 0) is 67.3 Å². The van der Waals surface area contributed by atoms with E-state index >= 15 is 0 Å². The highest BCUT2D eigenvalue weighted by atomic mass is 16.5. The van der Waals surface area contributed by atoms with Crippen molar-refractivity contribution < 1.29 is 28.3 Å². The van der Waals surface area contributed by atoms with Crippen molar-refractivity contribution in [1.82, 2.24) is 4.90 Å². The zero-order valence-electron chi connectivity index (χ0n) is 21.2. The number of hydrogen-bond donors (Lipinski definition) is 0. The van der Waals surface area contributed by atoms with E-state index in [0.717, 1.165) is 29.7 Å². The molecule has 4 rings (SSSR count). The fraction of sp³-hybridized carbons (Fsp3) is 0.345. The predicted octanol–water partition coefficient (Wildman–Crippen LogP) is 4.48. The minimum atomic E-state index is -0.265. The summed E-state index contributed by atoms with van der Waals surface area (Å²) in [7, 11) is 1.61. The van der Waals surface area contributed by atoms with Crippen LogP contribution in [0.2, 0.25) is 0 Å². The number of likely N-dealkylation sites (tertiary alicyclic amines) is 1. The summed E-state index contributed by atoms with van der Waals surface area (Å²) in [5.41, 5.74) is 2.46. The number of benzene rings is 2. The van der Waals surface area contributed by atoms with Crippen molar-refractivity contribution in [2.24, 2.45) is 5.92 Å². The van der Waals surface area contributed by atoms with Gasteiger partial charge >= 0.3 is 5.97 Å². The maximum atomic E-state index is 13.2. The first-order chi connectivity index (χ1) is 18.0. The average molecular weight is 505 g/mol. The largest absolute Gasteiger partial charge is 0.497 e. The van der Waals surface area contributed by atoms with Crippen molar-refractivity contribution in [3.8, 4) is 5.75 Å². The molecule has 37 heavy (non-hydrogen) atoms. The number of rotatable bonds is 9. The van der Waals surface area contributed by atoms with Gasteiger partial charge in [0.05, 0.1) is 38.9 Å². The first-order valence-electron chi connectivity index (χ1n) is 12.5. The second kappa shape index (κ2) is 12.3. The molecule has 194 valence electrons. The summed E-state index contributed by atoms with van der Waals surface area (Å²) in [6.45, 7) is 3.50. The van der Waals surface area contributed by atoms with Crippen LogP contribution in [-0.2, 0) is 27.3 Å². The van der Waals surface area contributed by atoms with Gasteiger partial charge in [-0.1, -0.05) is 24.3 Å². The summed E-state index contributed by atoms with van der Waals surface area (Å²) in [6.07, 6.45) is 3.22. The number of piperidine rings is 1. The van der Waals surface area contributed by atoms with Gasteiger partial charge < -0.3 is 23.7 Å². The number of ether oxygens (including phenoxy) is 2. The second-order valence-electron chi connectivity index (χ2n) is 8.99. The number of carbonyl (C=O) groups excluding carboxylic acids is 3. The normalized spacial score (nSPS) is 15.2. The molecule has 1 aliphatic rings. The molecule has 1 aliphatic heterocycles. The summed E-state index contributed by atoms with van der Waals surface area (Å²) in [5, 5.41) is 0. The molecular weight excluding hydrogens is 472 g/mol. The molecule has 1 fully saturated rings.